The van der Waals surface area contributed by atoms with E-state index in [9.17, 15) is 14.0 Å². The number of hydrogen-bond acceptors (Lipinski definition) is 7. The van der Waals surface area contributed by atoms with E-state index < -0.39 is 18.0 Å². The number of amides is 2. The number of carbonyl (C=O) groups excluding carboxylic acids is 2. The average Bonchev–Trinajstić information content (AvgIpc) is 3.41. The molecule has 1 N–H and O–H groups in total. The van der Waals surface area contributed by atoms with Crippen LogP contribution in [0.2, 0.25) is 0 Å². The second-order valence-electron chi connectivity index (χ2n) is 11.3. The molecule has 3 aliphatic heterocycles. The topological polar surface area (TPSA) is 83.6 Å². The van der Waals surface area contributed by atoms with E-state index in [2.05, 4.69) is 22.4 Å². The minimum Gasteiger partial charge on any atom is -0.484 e. The third-order valence-electron chi connectivity index (χ3n) is 8.61. The van der Waals surface area contributed by atoms with Crippen LogP contribution in [0, 0.1) is 11.7 Å². The van der Waals surface area contributed by atoms with Crippen LogP contribution in [0.5, 0.6) is 11.5 Å². The van der Waals surface area contributed by atoms with Gasteiger partial charge in [0.1, 0.15) is 23.4 Å². The first-order chi connectivity index (χ1) is 21.4. The van der Waals surface area contributed by atoms with Gasteiger partial charge in [0.15, 0.2) is 6.61 Å². The number of rotatable bonds is 8. The first-order valence-electron chi connectivity index (χ1n) is 14.9. The van der Waals surface area contributed by atoms with Gasteiger partial charge in [-0.2, -0.15) is 0 Å². The van der Waals surface area contributed by atoms with Crippen molar-refractivity contribution < 1.29 is 28.2 Å². The van der Waals surface area contributed by atoms with Gasteiger partial charge in [-0.15, -0.1) is 0 Å². The molecule has 0 bridgehead atoms. The lowest BCUT2D eigenvalue weighted by atomic mass is 9.85. The van der Waals surface area contributed by atoms with E-state index in [0.717, 1.165) is 30.9 Å². The molecule has 0 radical (unpaired) electrons. The molecule has 3 unspecified atom stereocenters. The van der Waals surface area contributed by atoms with Crippen LogP contribution in [-0.4, -0.2) is 92.3 Å². The lowest BCUT2D eigenvalue weighted by molar-refractivity contribution is -0.135. The van der Waals surface area contributed by atoms with E-state index in [0.29, 0.717) is 43.4 Å². The minimum atomic E-state index is -0.526. The van der Waals surface area contributed by atoms with Crippen molar-refractivity contribution in [1.29, 1.82) is 0 Å². The van der Waals surface area contributed by atoms with Crippen LogP contribution in [0.15, 0.2) is 83.1 Å². The maximum Gasteiger partial charge on any atom is 0.416 e. The molecule has 9 nitrogen and oxygen atoms in total. The summed E-state index contributed by atoms with van der Waals surface area (Å²) in [5.74, 6) is 0.491. The molecule has 1 aliphatic carbocycles. The lowest BCUT2D eigenvalue weighted by Gasteiger charge is -2.37. The highest BCUT2D eigenvalue weighted by Gasteiger charge is 2.43. The van der Waals surface area contributed by atoms with Gasteiger partial charge in [-0.1, -0.05) is 35.9 Å². The van der Waals surface area contributed by atoms with E-state index in [1.807, 2.05) is 35.2 Å². The van der Waals surface area contributed by atoms with Crippen LogP contribution in [0.4, 0.5) is 9.18 Å². The summed E-state index contributed by atoms with van der Waals surface area (Å²) in [5, 5.41) is 4.32. The Balaban J connectivity index is 1.16. The summed E-state index contributed by atoms with van der Waals surface area (Å²) in [4.78, 5) is 32.1. The van der Waals surface area contributed by atoms with Gasteiger partial charge >= 0.3 is 6.09 Å². The van der Waals surface area contributed by atoms with Gasteiger partial charge in [0, 0.05) is 63.0 Å². The predicted molar refractivity (Wildman–Crippen MR) is 164 cm³/mol. The minimum absolute atomic E-state index is 0.0450. The molecule has 2 aromatic carbocycles. The van der Waals surface area contributed by atoms with E-state index in [1.54, 1.807) is 12.0 Å². The molecular weight excluding hydrogens is 587 g/mol. The number of halogens is 2. The van der Waals surface area contributed by atoms with Crippen molar-refractivity contribution in [3.05, 3.63) is 94.4 Å². The van der Waals surface area contributed by atoms with Crippen molar-refractivity contribution in [2.75, 3.05) is 59.6 Å². The summed E-state index contributed by atoms with van der Waals surface area (Å²) in [5.41, 5.74) is 3.02. The molecule has 0 spiro atoms. The average molecular weight is 623 g/mol. The molecule has 4 aliphatic rings. The highest BCUT2D eigenvalue weighted by atomic mass is 35.5. The number of hydrogen-bond donors (Lipinski definition) is 1. The lowest BCUT2D eigenvalue weighted by Crippen LogP contribution is -2.50. The third-order valence-corrected chi connectivity index (χ3v) is 8.87. The number of nitrogens with one attached hydrogen (secondary N) is 1. The SMILES string of the molecule is COCCN1CCN(C(=O)COc2ccc(C3C4=C(CCN3C(=O)Oc3ccc(F)cc3)C3C=C(Cl)C=CC3N4)cc2)CC1. The van der Waals surface area contributed by atoms with Gasteiger partial charge in [-0.3, -0.25) is 14.6 Å². The number of nitrogens with zero attached hydrogens (tertiary/aromatic N) is 3. The standard InChI is InChI=1S/C33H36ClFN4O5/c1-42-19-18-37-14-16-38(17-15-37)30(40)21-43-25-7-2-22(3-8-25)32-31-27(28-20-23(34)4-11-29(28)36-31)12-13-39(32)33(41)44-26-9-5-24(35)6-10-26/h2-11,20,28-29,32,36H,12-19,21H2,1H3. The molecule has 2 amide bonds. The Labute approximate surface area is 261 Å². The number of methoxy groups -OCH3 is 1. The Hall–Kier alpha value is -3.86. The summed E-state index contributed by atoms with van der Waals surface area (Å²) in [7, 11) is 1.69. The Morgan fingerprint density at radius 3 is 2.45 bits per heavy atom. The second-order valence-corrected chi connectivity index (χ2v) is 11.7. The number of allylic oxidation sites excluding steroid dienone is 2. The van der Waals surface area contributed by atoms with Crippen molar-refractivity contribution >= 4 is 23.6 Å². The molecule has 11 heteroatoms. The van der Waals surface area contributed by atoms with Crippen LogP contribution < -0.4 is 14.8 Å². The quantitative estimate of drug-likeness (QED) is 0.465. The van der Waals surface area contributed by atoms with E-state index in [4.69, 9.17) is 25.8 Å². The van der Waals surface area contributed by atoms with E-state index >= 15 is 0 Å². The smallest absolute Gasteiger partial charge is 0.416 e. The molecule has 0 saturated carbocycles. The number of fused-ring (bicyclic) bond motifs is 2. The summed E-state index contributed by atoms with van der Waals surface area (Å²) in [6.45, 7) is 4.90. The summed E-state index contributed by atoms with van der Waals surface area (Å²) in [6.07, 6.45) is 6.13. The molecule has 2 aromatic rings. The fraction of sp³-hybridized carbons (Fsp3) is 0.394. The maximum absolute atomic E-state index is 13.5. The fourth-order valence-corrected chi connectivity index (χ4v) is 6.47. The zero-order chi connectivity index (χ0) is 30.6. The number of ether oxygens (including phenoxy) is 3. The van der Waals surface area contributed by atoms with Crippen molar-refractivity contribution in [3.63, 3.8) is 0 Å². The molecule has 1 saturated heterocycles. The first-order valence-corrected chi connectivity index (χ1v) is 15.3. The van der Waals surface area contributed by atoms with Crippen molar-refractivity contribution in [3.8, 4) is 11.5 Å². The van der Waals surface area contributed by atoms with Gasteiger partial charge in [0.05, 0.1) is 12.6 Å². The summed E-state index contributed by atoms with van der Waals surface area (Å²) in [6, 6.07) is 12.5. The zero-order valence-corrected chi connectivity index (χ0v) is 25.3. The number of piperazine rings is 1. The molecule has 6 rings (SSSR count). The maximum atomic E-state index is 13.5. The summed E-state index contributed by atoms with van der Waals surface area (Å²) < 4.78 is 30.1. The highest BCUT2D eigenvalue weighted by molar-refractivity contribution is 6.31. The van der Waals surface area contributed by atoms with Crippen LogP contribution in [0.1, 0.15) is 18.0 Å². The van der Waals surface area contributed by atoms with E-state index in [-0.39, 0.29) is 30.2 Å². The number of benzene rings is 2. The molecule has 1 fully saturated rings. The summed E-state index contributed by atoms with van der Waals surface area (Å²) >= 11 is 6.36. The Kier molecular flexibility index (Phi) is 9.20. The molecule has 44 heavy (non-hydrogen) atoms. The van der Waals surface area contributed by atoms with Crippen LogP contribution in [-0.2, 0) is 9.53 Å². The van der Waals surface area contributed by atoms with Gasteiger partial charge in [0.25, 0.3) is 5.91 Å². The zero-order valence-electron chi connectivity index (χ0n) is 24.6. The van der Waals surface area contributed by atoms with Crippen molar-refractivity contribution in [1.82, 2.24) is 20.0 Å². The van der Waals surface area contributed by atoms with Crippen molar-refractivity contribution in [2.45, 2.75) is 18.5 Å². The van der Waals surface area contributed by atoms with Gasteiger partial charge in [0.2, 0.25) is 0 Å². The Morgan fingerprint density at radius 2 is 1.73 bits per heavy atom. The molecule has 232 valence electrons. The third kappa shape index (κ3) is 6.62. The Morgan fingerprint density at radius 1 is 1.00 bits per heavy atom. The normalized spacial score (nSPS) is 23.1. The molecular formula is C33H36ClFN4O5. The van der Waals surface area contributed by atoms with E-state index in [1.165, 1.54) is 29.8 Å². The fourth-order valence-electron chi connectivity index (χ4n) is 6.26. The largest absolute Gasteiger partial charge is 0.484 e. The first kappa shape index (κ1) is 30.2. The van der Waals surface area contributed by atoms with Crippen LogP contribution >= 0.6 is 11.6 Å². The van der Waals surface area contributed by atoms with Gasteiger partial charge in [-0.25, -0.2) is 9.18 Å². The predicted octanol–water partition coefficient (Wildman–Crippen LogP) is 4.48. The highest BCUT2D eigenvalue weighted by Crippen LogP contribution is 2.45. The Bertz CT molecular complexity index is 1450. The molecule has 0 aromatic heterocycles. The monoisotopic (exact) mass is 622 g/mol. The van der Waals surface area contributed by atoms with Gasteiger partial charge < -0.3 is 24.4 Å². The van der Waals surface area contributed by atoms with Crippen LogP contribution in [0.25, 0.3) is 0 Å². The second kappa shape index (κ2) is 13.4. The molecule has 3 heterocycles. The number of carbonyl (C=O) groups is 2. The van der Waals surface area contributed by atoms with Crippen molar-refractivity contribution in [2.24, 2.45) is 5.92 Å². The van der Waals surface area contributed by atoms with Crippen LogP contribution in [0.3, 0.4) is 0 Å². The van der Waals surface area contributed by atoms with Gasteiger partial charge in [-0.05, 0) is 60.0 Å². The molecule has 3 atom stereocenters.